The number of aliphatic hydroxyl groups is 1. The Morgan fingerprint density at radius 1 is 1.43 bits per heavy atom. The maximum atomic E-state index is 12.4. The Morgan fingerprint density at radius 3 is 2.71 bits per heavy atom. The van der Waals surface area contributed by atoms with Gasteiger partial charge in [0.1, 0.15) is 5.60 Å². The van der Waals surface area contributed by atoms with Crippen LogP contribution >= 0.6 is 0 Å². The van der Waals surface area contributed by atoms with E-state index in [-0.39, 0.29) is 18.7 Å². The molecule has 0 spiro atoms. The molecule has 1 aliphatic carbocycles. The zero-order chi connectivity index (χ0) is 15.9. The molecule has 0 aromatic heterocycles. The molecule has 0 aromatic carbocycles. The summed E-state index contributed by atoms with van der Waals surface area (Å²) in [4.78, 5) is 14.2. The average molecular weight is 297 g/mol. The number of carbonyl (C=O) groups is 1. The Kier molecular flexibility index (Phi) is 7.23. The number of carbonyl (C=O) groups excluding carboxylic acids is 1. The molecular formula is C17H31NO3. The zero-order valence-electron chi connectivity index (χ0n) is 13.8. The van der Waals surface area contributed by atoms with Crippen molar-refractivity contribution in [2.45, 2.75) is 70.9 Å². The van der Waals surface area contributed by atoms with Gasteiger partial charge in [-0.05, 0) is 52.4 Å². The van der Waals surface area contributed by atoms with Crippen molar-refractivity contribution < 1.29 is 14.6 Å². The van der Waals surface area contributed by atoms with Crippen molar-refractivity contribution in [1.82, 2.24) is 4.90 Å². The molecule has 1 fully saturated rings. The molecule has 4 nitrogen and oxygen atoms in total. The third-order valence-corrected chi connectivity index (χ3v) is 3.92. The molecule has 0 bridgehead atoms. The van der Waals surface area contributed by atoms with E-state index in [4.69, 9.17) is 9.84 Å². The van der Waals surface area contributed by atoms with Crippen LogP contribution in [0.1, 0.15) is 59.3 Å². The second-order valence-electron chi connectivity index (χ2n) is 6.97. The summed E-state index contributed by atoms with van der Waals surface area (Å²) in [5.74, 6) is 0.602. The van der Waals surface area contributed by atoms with Crippen molar-refractivity contribution in [3.63, 3.8) is 0 Å². The molecule has 0 heterocycles. The summed E-state index contributed by atoms with van der Waals surface area (Å²) in [6.07, 6.45) is 7.80. The summed E-state index contributed by atoms with van der Waals surface area (Å²) in [6.45, 7) is 10.2. The van der Waals surface area contributed by atoms with Crippen molar-refractivity contribution in [3.8, 4) is 0 Å². The maximum absolute atomic E-state index is 12.4. The van der Waals surface area contributed by atoms with E-state index in [9.17, 15) is 4.79 Å². The van der Waals surface area contributed by atoms with Gasteiger partial charge < -0.3 is 14.7 Å². The van der Waals surface area contributed by atoms with Crippen LogP contribution in [0.2, 0.25) is 0 Å². The maximum Gasteiger partial charge on any atom is 0.410 e. The van der Waals surface area contributed by atoms with Gasteiger partial charge >= 0.3 is 6.09 Å². The standard InChI is InChI=1S/C17H31NO3/c1-5-11-18(16(20)21-17(2,3)4)15-10-6-8-14(13-15)9-7-12-19/h5,14-15,19H,1,6-13H2,2-4H3/t14-,15-/m0/s1. The molecule has 0 aromatic rings. The van der Waals surface area contributed by atoms with Crippen molar-refractivity contribution in [1.29, 1.82) is 0 Å². The number of nitrogens with zero attached hydrogens (tertiary/aromatic N) is 1. The zero-order valence-corrected chi connectivity index (χ0v) is 13.8. The first-order valence-electron chi connectivity index (χ1n) is 8.08. The lowest BCUT2D eigenvalue weighted by atomic mass is 9.82. The Balaban J connectivity index is 2.66. The van der Waals surface area contributed by atoms with E-state index in [0.717, 1.165) is 32.1 Å². The van der Waals surface area contributed by atoms with Crippen LogP contribution in [-0.2, 0) is 4.74 Å². The second kappa shape index (κ2) is 8.42. The Hall–Kier alpha value is -1.03. The van der Waals surface area contributed by atoms with Crippen LogP contribution in [0.3, 0.4) is 0 Å². The molecular weight excluding hydrogens is 266 g/mol. The third-order valence-electron chi connectivity index (χ3n) is 3.92. The lowest BCUT2D eigenvalue weighted by molar-refractivity contribution is 0.0121. The van der Waals surface area contributed by atoms with E-state index < -0.39 is 5.60 Å². The van der Waals surface area contributed by atoms with E-state index in [1.807, 2.05) is 25.7 Å². The molecule has 1 saturated carbocycles. The van der Waals surface area contributed by atoms with Gasteiger partial charge in [-0.25, -0.2) is 4.79 Å². The molecule has 4 heteroatoms. The predicted octanol–water partition coefficient (Wildman–Crippen LogP) is 3.74. The molecule has 0 saturated heterocycles. The Morgan fingerprint density at radius 2 is 2.14 bits per heavy atom. The minimum Gasteiger partial charge on any atom is -0.444 e. The fraction of sp³-hybridized carbons (Fsp3) is 0.824. The molecule has 1 rings (SSSR count). The second-order valence-corrected chi connectivity index (χ2v) is 6.97. The highest BCUT2D eigenvalue weighted by atomic mass is 16.6. The SMILES string of the molecule is C=CCN(C(=O)OC(C)(C)C)[C@H]1CCC[C@@H](CCCO)C1. The van der Waals surface area contributed by atoms with Crippen LogP contribution in [0.4, 0.5) is 4.79 Å². The van der Waals surface area contributed by atoms with Gasteiger partial charge in [0, 0.05) is 19.2 Å². The normalized spacial score (nSPS) is 22.7. The van der Waals surface area contributed by atoms with E-state index in [1.54, 1.807) is 6.08 Å². The Labute approximate surface area is 129 Å². The summed E-state index contributed by atoms with van der Waals surface area (Å²) in [7, 11) is 0. The lowest BCUT2D eigenvalue weighted by Crippen LogP contribution is -2.45. The molecule has 0 unspecified atom stereocenters. The fourth-order valence-electron chi connectivity index (χ4n) is 3.02. The molecule has 1 aliphatic rings. The van der Waals surface area contributed by atoms with Gasteiger partial charge in [-0.3, -0.25) is 0 Å². The summed E-state index contributed by atoms with van der Waals surface area (Å²) in [6, 6.07) is 0.232. The average Bonchev–Trinajstić information content (AvgIpc) is 2.40. The summed E-state index contributed by atoms with van der Waals surface area (Å²) < 4.78 is 5.52. The largest absolute Gasteiger partial charge is 0.444 e. The van der Waals surface area contributed by atoms with Gasteiger partial charge in [-0.2, -0.15) is 0 Å². The first kappa shape index (κ1) is 18.0. The monoisotopic (exact) mass is 297 g/mol. The van der Waals surface area contributed by atoms with E-state index in [2.05, 4.69) is 6.58 Å². The molecule has 0 aliphatic heterocycles. The summed E-state index contributed by atoms with van der Waals surface area (Å²) in [5, 5.41) is 8.97. The minimum atomic E-state index is -0.471. The molecule has 1 N–H and O–H groups in total. The van der Waals surface area contributed by atoms with Crippen molar-refractivity contribution in [2.75, 3.05) is 13.2 Å². The Bertz CT molecular complexity index is 335. The van der Waals surface area contributed by atoms with Gasteiger partial charge in [0.2, 0.25) is 0 Å². The molecule has 1 amide bonds. The molecule has 21 heavy (non-hydrogen) atoms. The number of hydrogen-bond acceptors (Lipinski definition) is 3. The van der Waals surface area contributed by atoms with Gasteiger partial charge in [0.05, 0.1) is 0 Å². The van der Waals surface area contributed by atoms with Crippen LogP contribution in [0.25, 0.3) is 0 Å². The number of ether oxygens (including phenoxy) is 1. The predicted molar refractivity (Wildman–Crippen MR) is 85.2 cm³/mol. The highest BCUT2D eigenvalue weighted by Gasteiger charge is 2.31. The van der Waals surface area contributed by atoms with E-state index in [1.165, 1.54) is 6.42 Å². The van der Waals surface area contributed by atoms with Crippen molar-refractivity contribution >= 4 is 6.09 Å². The van der Waals surface area contributed by atoms with Gasteiger partial charge in [-0.15, -0.1) is 6.58 Å². The minimum absolute atomic E-state index is 0.232. The van der Waals surface area contributed by atoms with E-state index in [0.29, 0.717) is 12.5 Å². The highest BCUT2D eigenvalue weighted by molar-refractivity contribution is 5.68. The van der Waals surface area contributed by atoms with Crippen molar-refractivity contribution in [2.24, 2.45) is 5.92 Å². The molecule has 122 valence electrons. The van der Waals surface area contributed by atoms with Crippen LogP contribution in [-0.4, -0.2) is 40.9 Å². The number of hydrogen-bond donors (Lipinski definition) is 1. The van der Waals surface area contributed by atoms with Gasteiger partial charge in [0.15, 0.2) is 0 Å². The summed E-state index contributed by atoms with van der Waals surface area (Å²) in [5.41, 5.74) is -0.471. The smallest absolute Gasteiger partial charge is 0.410 e. The fourth-order valence-corrected chi connectivity index (χ4v) is 3.02. The van der Waals surface area contributed by atoms with E-state index >= 15 is 0 Å². The van der Waals surface area contributed by atoms with Crippen LogP contribution in [0.5, 0.6) is 0 Å². The van der Waals surface area contributed by atoms with Crippen LogP contribution in [0, 0.1) is 5.92 Å². The first-order valence-corrected chi connectivity index (χ1v) is 8.08. The molecule has 2 atom stereocenters. The number of aliphatic hydroxyl groups excluding tert-OH is 1. The lowest BCUT2D eigenvalue weighted by Gasteiger charge is -2.37. The van der Waals surface area contributed by atoms with Gasteiger partial charge in [0.25, 0.3) is 0 Å². The van der Waals surface area contributed by atoms with Gasteiger partial charge in [-0.1, -0.05) is 18.9 Å². The summed E-state index contributed by atoms with van der Waals surface area (Å²) >= 11 is 0. The number of amides is 1. The quantitative estimate of drug-likeness (QED) is 0.760. The topological polar surface area (TPSA) is 49.8 Å². The highest BCUT2D eigenvalue weighted by Crippen LogP contribution is 2.31. The van der Waals surface area contributed by atoms with Crippen LogP contribution in [0.15, 0.2) is 12.7 Å². The third kappa shape index (κ3) is 6.51. The van der Waals surface area contributed by atoms with Crippen molar-refractivity contribution in [3.05, 3.63) is 12.7 Å². The molecule has 0 radical (unpaired) electrons. The first-order chi connectivity index (χ1) is 9.87. The number of rotatable bonds is 6. The van der Waals surface area contributed by atoms with Crippen LogP contribution < -0.4 is 0 Å².